The number of carbonyl (C=O) groups excluding carboxylic acids is 1. The fraction of sp³-hybridized carbons (Fsp3) is 0.0227. The van der Waals surface area contributed by atoms with E-state index in [2.05, 4.69) is 150 Å². The van der Waals surface area contributed by atoms with E-state index in [0.717, 1.165) is 56.4 Å². The van der Waals surface area contributed by atoms with Gasteiger partial charge in [0.2, 0.25) is 0 Å². The lowest BCUT2D eigenvalue weighted by Gasteiger charge is -2.30. The molecule has 0 aliphatic rings. The van der Waals surface area contributed by atoms with Crippen LogP contribution in [0, 0.1) is 0 Å². The molecule has 7 aromatic carbocycles. The Hall–Kier alpha value is -6.19. The monoisotopic (exact) mass is 607 g/mol. The second-order valence-electron chi connectivity index (χ2n) is 11.3. The fourth-order valence-electron chi connectivity index (χ4n) is 6.01. The molecule has 0 spiro atoms. The highest BCUT2D eigenvalue weighted by Gasteiger charge is 2.20. The van der Waals surface area contributed by atoms with Crippen molar-refractivity contribution < 1.29 is 9.53 Å². The van der Waals surface area contributed by atoms with Crippen molar-refractivity contribution in [3.63, 3.8) is 0 Å². The normalized spacial score (nSPS) is 11.1. The minimum absolute atomic E-state index is 0.340. The second-order valence-corrected chi connectivity index (χ2v) is 11.3. The molecule has 0 bridgehead atoms. The molecule has 0 aliphatic carbocycles. The molecule has 0 amide bonds. The van der Waals surface area contributed by atoms with Gasteiger partial charge in [-0.3, -0.25) is 4.79 Å². The van der Waals surface area contributed by atoms with Gasteiger partial charge in [0.1, 0.15) is 12.9 Å². The van der Waals surface area contributed by atoms with Gasteiger partial charge in [-0.15, -0.1) is 0 Å². The Balaban J connectivity index is 1.27. The molecule has 47 heavy (non-hydrogen) atoms. The Bertz CT molecular complexity index is 2090. The van der Waals surface area contributed by atoms with E-state index in [1.807, 2.05) is 24.3 Å². The number of carbonyl (C=O) groups is 1. The highest BCUT2D eigenvalue weighted by Crippen LogP contribution is 2.45. The summed E-state index contributed by atoms with van der Waals surface area (Å²) in [7, 11) is 0. The smallest absolute Gasteiger partial charge is 0.150 e. The number of anilines is 3. The van der Waals surface area contributed by atoms with Crippen molar-refractivity contribution in [2.45, 2.75) is 6.61 Å². The number of ether oxygens (including phenoxy) is 1. The lowest BCUT2D eigenvalue weighted by molar-refractivity contribution is 0.112. The number of hydrogen-bond donors (Lipinski definition) is 0. The maximum Gasteiger partial charge on any atom is 0.150 e. The predicted octanol–water partition coefficient (Wildman–Crippen LogP) is 11.6. The predicted molar refractivity (Wildman–Crippen MR) is 195 cm³/mol. The second kappa shape index (κ2) is 13.8. The van der Waals surface area contributed by atoms with Crippen LogP contribution in [-0.4, -0.2) is 6.29 Å². The van der Waals surface area contributed by atoms with Crippen molar-refractivity contribution in [3.8, 4) is 22.3 Å². The van der Waals surface area contributed by atoms with E-state index in [4.69, 9.17) is 4.74 Å². The van der Waals surface area contributed by atoms with E-state index in [-0.39, 0.29) is 0 Å². The van der Waals surface area contributed by atoms with E-state index >= 15 is 0 Å². The van der Waals surface area contributed by atoms with Crippen LogP contribution < -0.4 is 4.90 Å². The van der Waals surface area contributed by atoms with E-state index in [1.165, 1.54) is 11.1 Å². The molecule has 7 rings (SSSR count). The number of nitrogens with zero attached hydrogens (tertiary/aromatic N) is 1. The fourth-order valence-corrected chi connectivity index (χ4v) is 6.01. The molecule has 0 aromatic heterocycles. The van der Waals surface area contributed by atoms with Gasteiger partial charge in [-0.2, -0.15) is 0 Å². The standard InChI is InChI=1S/C44H33NO2/c46-31-38-17-7-8-18-39(38)32-47-28-27-33-23-24-37-30-40(26-25-36(37)29-33)45(43-21-11-9-19-41(43)34-13-3-1-4-14-34)44-22-12-10-20-42(44)35-15-5-2-6-16-35/h1-31H,32H2. The molecule has 226 valence electrons. The minimum atomic E-state index is 0.340. The van der Waals surface area contributed by atoms with Crippen molar-refractivity contribution in [2.75, 3.05) is 4.90 Å². The Morgan fingerprint density at radius 1 is 0.532 bits per heavy atom. The van der Waals surface area contributed by atoms with E-state index < -0.39 is 0 Å². The molecule has 3 heteroatoms. The largest absolute Gasteiger partial charge is 0.496 e. The summed E-state index contributed by atoms with van der Waals surface area (Å²) in [6.07, 6.45) is 4.51. The van der Waals surface area contributed by atoms with Gasteiger partial charge in [-0.25, -0.2) is 0 Å². The lowest BCUT2D eigenvalue weighted by atomic mass is 9.98. The van der Waals surface area contributed by atoms with Crippen LogP contribution in [0.15, 0.2) is 176 Å². The topological polar surface area (TPSA) is 29.5 Å². The molecule has 0 aliphatic heterocycles. The van der Waals surface area contributed by atoms with Crippen LogP contribution in [0.25, 0.3) is 39.1 Å². The van der Waals surface area contributed by atoms with E-state index in [0.29, 0.717) is 12.2 Å². The zero-order valence-electron chi connectivity index (χ0n) is 25.9. The van der Waals surface area contributed by atoms with Gasteiger partial charge < -0.3 is 9.64 Å². The number of benzene rings is 7. The lowest BCUT2D eigenvalue weighted by Crippen LogP contribution is -2.12. The minimum Gasteiger partial charge on any atom is -0.496 e. The molecule has 0 radical (unpaired) electrons. The third-order valence-electron chi connectivity index (χ3n) is 8.34. The number of fused-ring (bicyclic) bond motifs is 1. The molecule has 0 atom stereocenters. The number of aldehydes is 1. The molecule has 7 aromatic rings. The summed E-state index contributed by atoms with van der Waals surface area (Å²) >= 11 is 0. The third kappa shape index (κ3) is 6.47. The Labute approximate surface area is 275 Å². The van der Waals surface area contributed by atoms with Crippen LogP contribution in [-0.2, 0) is 11.3 Å². The van der Waals surface area contributed by atoms with Crippen molar-refractivity contribution in [3.05, 3.63) is 193 Å². The molecule has 0 N–H and O–H groups in total. The summed E-state index contributed by atoms with van der Waals surface area (Å²) in [5.41, 5.74) is 10.5. The average molecular weight is 608 g/mol. The number of hydrogen-bond acceptors (Lipinski definition) is 3. The van der Waals surface area contributed by atoms with E-state index in [1.54, 1.807) is 12.3 Å². The molecular formula is C44H33NO2. The molecule has 0 heterocycles. The average Bonchev–Trinajstić information content (AvgIpc) is 3.15. The van der Waals surface area contributed by atoms with Gasteiger partial charge >= 0.3 is 0 Å². The SMILES string of the molecule is O=Cc1ccccc1COC=Cc1ccc2cc(N(c3ccccc3-c3ccccc3)c3ccccc3-c3ccccc3)ccc2c1. The maximum atomic E-state index is 11.3. The van der Waals surface area contributed by atoms with Gasteiger partial charge in [0.05, 0.1) is 17.6 Å². The third-order valence-corrected chi connectivity index (χ3v) is 8.34. The van der Waals surface area contributed by atoms with Crippen LogP contribution in [0.4, 0.5) is 17.1 Å². The summed E-state index contributed by atoms with van der Waals surface area (Å²) in [6, 6.07) is 58.9. The summed E-state index contributed by atoms with van der Waals surface area (Å²) in [4.78, 5) is 13.7. The summed E-state index contributed by atoms with van der Waals surface area (Å²) in [5.74, 6) is 0. The van der Waals surface area contributed by atoms with Gasteiger partial charge in [0, 0.05) is 22.4 Å². The van der Waals surface area contributed by atoms with Crippen molar-refractivity contribution in [1.82, 2.24) is 0 Å². The van der Waals surface area contributed by atoms with Crippen LogP contribution >= 0.6 is 0 Å². The Morgan fingerprint density at radius 3 is 1.74 bits per heavy atom. The van der Waals surface area contributed by atoms with Crippen LogP contribution in [0.2, 0.25) is 0 Å². The molecule has 3 nitrogen and oxygen atoms in total. The first-order valence-corrected chi connectivity index (χ1v) is 15.7. The van der Waals surface area contributed by atoms with Gasteiger partial charge in [0.25, 0.3) is 0 Å². The van der Waals surface area contributed by atoms with Crippen molar-refractivity contribution in [2.24, 2.45) is 0 Å². The zero-order valence-corrected chi connectivity index (χ0v) is 25.9. The molecule has 0 unspecified atom stereocenters. The Kier molecular flexibility index (Phi) is 8.70. The molecular weight excluding hydrogens is 574 g/mol. The first-order valence-electron chi connectivity index (χ1n) is 15.7. The van der Waals surface area contributed by atoms with Crippen LogP contribution in [0.3, 0.4) is 0 Å². The number of rotatable bonds is 10. The maximum absolute atomic E-state index is 11.3. The summed E-state index contributed by atoms with van der Waals surface area (Å²) in [5, 5.41) is 2.27. The summed E-state index contributed by atoms with van der Waals surface area (Å²) in [6.45, 7) is 0.340. The summed E-state index contributed by atoms with van der Waals surface area (Å²) < 4.78 is 5.78. The van der Waals surface area contributed by atoms with Crippen molar-refractivity contribution >= 4 is 40.2 Å². The van der Waals surface area contributed by atoms with E-state index in [9.17, 15) is 4.79 Å². The highest BCUT2D eigenvalue weighted by atomic mass is 16.5. The van der Waals surface area contributed by atoms with Gasteiger partial charge in [0.15, 0.2) is 0 Å². The molecule has 0 saturated heterocycles. The Morgan fingerprint density at radius 2 is 1.09 bits per heavy atom. The highest BCUT2D eigenvalue weighted by molar-refractivity contribution is 5.96. The van der Waals surface area contributed by atoms with Crippen LogP contribution in [0.5, 0.6) is 0 Å². The first-order chi connectivity index (χ1) is 23.3. The van der Waals surface area contributed by atoms with Crippen molar-refractivity contribution in [1.29, 1.82) is 0 Å². The quantitative estimate of drug-likeness (QED) is 0.114. The first kappa shape index (κ1) is 29.5. The molecule has 0 saturated carbocycles. The van der Waals surface area contributed by atoms with Gasteiger partial charge in [-0.05, 0) is 69.4 Å². The van der Waals surface area contributed by atoms with Gasteiger partial charge in [-0.1, -0.05) is 140 Å². The van der Waals surface area contributed by atoms with Crippen LogP contribution in [0.1, 0.15) is 21.5 Å². The molecule has 0 fully saturated rings. The zero-order chi connectivity index (χ0) is 31.8. The number of para-hydroxylation sites is 2.